The number of nitrogens with one attached hydrogen (secondary N) is 1. The van der Waals surface area contributed by atoms with E-state index < -0.39 is 6.04 Å². The number of carbonyl (C=O) groups excluding carboxylic acids is 1. The Morgan fingerprint density at radius 3 is 2.88 bits per heavy atom. The summed E-state index contributed by atoms with van der Waals surface area (Å²) in [7, 11) is 3.29. The molecule has 0 bridgehead atoms. The molecular formula is C10H17N3O3. The number of ether oxygens (including phenoxy) is 1. The fourth-order valence-corrected chi connectivity index (χ4v) is 1.33. The van der Waals surface area contributed by atoms with Crippen LogP contribution < -0.4 is 5.32 Å². The lowest BCUT2D eigenvalue weighted by molar-refractivity contribution is 0.0839. The average Bonchev–Trinajstić information content (AvgIpc) is 2.59. The molecule has 0 saturated heterocycles. The van der Waals surface area contributed by atoms with E-state index in [1.165, 1.54) is 13.3 Å². The third-order valence-electron chi connectivity index (χ3n) is 2.40. The number of aliphatic hydroxyl groups is 1. The lowest BCUT2D eigenvalue weighted by Gasteiger charge is -2.14. The predicted molar refractivity (Wildman–Crippen MR) is 58.2 cm³/mol. The van der Waals surface area contributed by atoms with E-state index in [0.29, 0.717) is 5.56 Å². The minimum atomic E-state index is -0.392. The topological polar surface area (TPSA) is 76.4 Å². The van der Waals surface area contributed by atoms with Crippen LogP contribution in [-0.2, 0) is 11.8 Å². The van der Waals surface area contributed by atoms with Crippen LogP contribution in [0.3, 0.4) is 0 Å². The fraction of sp³-hybridized carbons (Fsp3) is 0.600. The monoisotopic (exact) mass is 227 g/mol. The Labute approximate surface area is 94.2 Å². The van der Waals surface area contributed by atoms with Crippen LogP contribution in [0.4, 0.5) is 0 Å². The molecule has 16 heavy (non-hydrogen) atoms. The van der Waals surface area contributed by atoms with Gasteiger partial charge in [-0.1, -0.05) is 0 Å². The average molecular weight is 227 g/mol. The lowest BCUT2D eigenvalue weighted by atomic mass is 10.2. The molecule has 0 saturated carbocycles. The summed E-state index contributed by atoms with van der Waals surface area (Å²) >= 11 is 0. The van der Waals surface area contributed by atoms with Crippen LogP contribution in [0.1, 0.15) is 16.1 Å². The van der Waals surface area contributed by atoms with Gasteiger partial charge in [0.05, 0.1) is 31.0 Å². The molecule has 1 rings (SSSR count). The summed E-state index contributed by atoms with van der Waals surface area (Å²) in [5, 5.41) is 15.7. The first-order valence-corrected chi connectivity index (χ1v) is 4.99. The largest absolute Gasteiger partial charge is 0.394 e. The van der Waals surface area contributed by atoms with Crippen molar-refractivity contribution in [1.29, 1.82) is 0 Å². The number of aromatic nitrogens is 2. The quantitative estimate of drug-likeness (QED) is 0.708. The van der Waals surface area contributed by atoms with Crippen LogP contribution in [0.25, 0.3) is 0 Å². The van der Waals surface area contributed by atoms with E-state index in [0.717, 1.165) is 5.69 Å². The number of hydrogen-bond acceptors (Lipinski definition) is 4. The van der Waals surface area contributed by atoms with Crippen LogP contribution in [0.2, 0.25) is 0 Å². The summed E-state index contributed by atoms with van der Waals surface area (Å²) in [5.41, 5.74) is 1.30. The van der Waals surface area contributed by atoms with Gasteiger partial charge >= 0.3 is 0 Å². The van der Waals surface area contributed by atoms with Gasteiger partial charge < -0.3 is 15.2 Å². The number of aryl methyl sites for hydroxylation is 1. The number of aliphatic hydroxyl groups excluding tert-OH is 1. The number of methoxy groups -OCH3 is 1. The van der Waals surface area contributed by atoms with Crippen molar-refractivity contribution < 1.29 is 14.6 Å². The first-order chi connectivity index (χ1) is 7.60. The first-order valence-electron chi connectivity index (χ1n) is 4.99. The van der Waals surface area contributed by atoms with Crippen LogP contribution in [-0.4, -0.2) is 47.2 Å². The third kappa shape index (κ3) is 2.80. The minimum Gasteiger partial charge on any atom is -0.394 e. The van der Waals surface area contributed by atoms with E-state index in [1.54, 1.807) is 11.7 Å². The van der Waals surface area contributed by atoms with E-state index >= 15 is 0 Å². The molecule has 1 aromatic rings. The molecule has 0 spiro atoms. The third-order valence-corrected chi connectivity index (χ3v) is 2.40. The molecule has 0 aliphatic rings. The van der Waals surface area contributed by atoms with Crippen molar-refractivity contribution >= 4 is 5.91 Å². The zero-order valence-corrected chi connectivity index (χ0v) is 9.73. The number of hydrogen-bond donors (Lipinski definition) is 2. The van der Waals surface area contributed by atoms with Gasteiger partial charge in [-0.15, -0.1) is 0 Å². The fourth-order valence-electron chi connectivity index (χ4n) is 1.33. The summed E-state index contributed by atoms with van der Waals surface area (Å²) in [6, 6.07) is -0.392. The smallest absolute Gasteiger partial charge is 0.255 e. The molecule has 1 aromatic heterocycles. The van der Waals surface area contributed by atoms with Gasteiger partial charge in [0.15, 0.2) is 0 Å². The predicted octanol–water partition coefficient (Wildman–Crippen LogP) is -0.534. The van der Waals surface area contributed by atoms with Gasteiger partial charge in [0.2, 0.25) is 0 Å². The number of rotatable bonds is 5. The molecule has 6 heteroatoms. The highest BCUT2D eigenvalue weighted by molar-refractivity contribution is 5.95. The molecule has 0 aromatic carbocycles. The highest BCUT2D eigenvalue weighted by atomic mass is 16.5. The molecule has 0 fully saturated rings. The van der Waals surface area contributed by atoms with E-state index in [-0.39, 0.29) is 19.1 Å². The molecule has 6 nitrogen and oxygen atoms in total. The SMILES string of the molecule is COCC(CO)NC(=O)c1cnn(C)c1C. The Kier molecular flexibility index (Phi) is 4.45. The van der Waals surface area contributed by atoms with Crippen LogP contribution in [0, 0.1) is 6.92 Å². The van der Waals surface area contributed by atoms with Gasteiger partial charge in [-0.2, -0.15) is 5.10 Å². The van der Waals surface area contributed by atoms with E-state index in [2.05, 4.69) is 10.4 Å². The van der Waals surface area contributed by atoms with Crippen molar-refractivity contribution in [2.75, 3.05) is 20.3 Å². The normalized spacial score (nSPS) is 12.5. The Bertz CT molecular complexity index is 362. The zero-order chi connectivity index (χ0) is 12.1. The molecule has 2 N–H and O–H groups in total. The van der Waals surface area contributed by atoms with Gasteiger partial charge in [-0.05, 0) is 6.92 Å². The standard InChI is InChI=1S/C10H17N3O3/c1-7-9(4-11-13(7)2)10(15)12-8(5-14)6-16-3/h4,8,14H,5-6H2,1-3H3,(H,12,15). The van der Waals surface area contributed by atoms with Gasteiger partial charge in [0.1, 0.15) is 0 Å². The van der Waals surface area contributed by atoms with Crippen LogP contribution in [0.15, 0.2) is 6.20 Å². The van der Waals surface area contributed by atoms with Crippen molar-refractivity contribution in [3.05, 3.63) is 17.5 Å². The Balaban J connectivity index is 2.68. The molecule has 1 unspecified atom stereocenters. The summed E-state index contributed by atoms with van der Waals surface area (Å²) < 4.78 is 6.50. The van der Waals surface area contributed by atoms with Crippen LogP contribution >= 0.6 is 0 Å². The summed E-state index contributed by atoms with van der Waals surface area (Å²) in [6.07, 6.45) is 1.51. The highest BCUT2D eigenvalue weighted by Crippen LogP contribution is 2.05. The van der Waals surface area contributed by atoms with Gasteiger partial charge in [-0.3, -0.25) is 9.48 Å². The summed E-state index contributed by atoms with van der Waals surface area (Å²) in [5.74, 6) is -0.248. The van der Waals surface area contributed by atoms with E-state index in [1.807, 2.05) is 6.92 Å². The van der Waals surface area contributed by atoms with Crippen molar-refractivity contribution in [1.82, 2.24) is 15.1 Å². The van der Waals surface area contributed by atoms with Crippen LogP contribution in [0.5, 0.6) is 0 Å². The second-order valence-electron chi connectivity index (χ2n) is 3.58. The van der Waals surface area contributed by atoms with E-state index in [4.69, 9.17) is 9.84 Å². The first kappa shape index (κ1) is 12.7. The maximum atomic E-state index is 11.8. The maximum absolute atomic E-state index is 11.8. The van der Waals surface area contributed by atoms with Gasteiger partial charge in [0, 0.05) is 19.9 Å². The second kappa shape index (κ2) is 5.62. The van der Waals surface area contributed by atoms with Crippen molar-refractivity contribution in [2.24, 2.45) is 7.05 Å². The van der Waals surface area contributed by atoms with Crippen molar-refractivity contribution in [2.45, 2.75) is 13.0 Å². The molecule has 90 valence electrons. The maximum Gasteiger partial charge on any atom is 0.255 e. The number of nitrogens with zero attached hydrogens (tertiary/aromatic N) is 2. The summed E-state index contributed by atoms with van der Waals surface area (Å²) in [6.45, 7) is 1.94. The zero-order valence-electron chi connectivity index (χ0n) is 9.73. The molecular weight excluding hydrogens is 210 g/mol. The Morgan fingerprint density at radius 2 is 2.44 bits per heavy atom. The van der Waals surface area contributed by atoms with Crippen molar-refractivity contribution in [3.63, 3.8) is 0 Å². The molecule has 0 radical (unpaired) electrons. The minimum absolute atomic E-state index is 0.154. The molecule has 0 aliphatic carbocycles. The Hall–Kier alpha value is -1.40. The van der Waals surface area contributed by atoms with E-state index in [9.17, 15) is 4.79 Å². The van der Waals surface area contributed by atoms with Crippen molar-refractivity contribution in [3.8, 4) is 0 Å². The van der Waals surface area contributed by atoms with Gasteiger partial charge in [-0.25, -0.2) is 0 Å². The molecule has 1 atom stereocenters. The summed E-state index contributed by atoms with van der Waals surface area (Å²) in [4.78, 5) is 11.8. The van der Waals surface area contributed by atoms with Gasteiger partial charge in [0.25, 0.3) is 5.91 Å². The molecule has 1 amide bonds. The number of carbonyl (C=O) groups is 1. The lowest BCUT2D eigenvalue weighted by Crippen LogP contribution is -2.40. The Morgan fingerprint density at radius 1 is 1.75 bits per heavy atom. The second-order valence-corrected chi connectivity index (χ2v) is 3.58. The molecule has 1 heterocycles. The number of amides is 1. The highest BCUT2D eigenvalue weighted by Gasteiger charge is 2.16. The molecule has 0 aliphatic heterocycles.